The number of imidazole rings is 1. The largest absolute Gasteiger partial charge is 0.334 e. The van der Waals surface area contributed by atoms with Gasteiger partial charge in [-0.25, -0.2) is 9.59 Å². The zero-order valence-corrected chi connectivity index (χ0v) is 15.0. The molecule has 0 saturated carbocycles. The molecule has 4 rings (SSSR count). The molecule has 3 N–H and O–H groups in total. The SMILES string of the molecule is O=C(NC1CCCCNC1)N1CCC(n2c(=O)[nH]c3ccccc32)CC1. The van der Waals surface area contributed by atoms with E-state index in [1.54, 1.807) is 0 Å². The fourth-order valence-corrected chi connectivity index (χ4v) is 4.17. The van der Waals surface area contributed by atoms with E-state index < -0.39 is 0 Å². The van der Waals surface area contributed by atoms with E-state index >= 15 is 0 Å². The van der Waals surface area contributed by atoms with Crippen LogP contribution in [-0.2, 0) is 0 Å². The van der Waals surface area contributed by atoms with E-state index in [0.29, 0.717) is 13.1 Å². The second-order valence-corrected chi connectivity index (χ2v) is 7.38. The molecular weight excluding hydrogens is 330 g/mol. The number of amides is 2. The number of likely N-dealkylation sites (tertiary alicyclic amines) is 1. The Labute approximate surface area is 152 Å². The normalized spacial score (nSPS) is 22.3. The summed E-state index contributed by atoms with van der Waals surface area (Å²) in [6, 6.07) is 8.18. The van der Waals surface area contributed by atoms with Crippen molar-refractivity contribution in [2.45, 2.75) is 44.2 Å². The van der Waals surface area contributed by atoms with Crippen LogP contribution < -0.4 is 16.3 Å². The van der Waals surface area contributed by atoms with Gasteiger partial charge in [-0.3, -0.25) is 4.57 Å². The number of aromatic amines is 1. The number of aromatic nitrogens is 2. The molecule has 1 unspecified atom stereocenters. The van der Waals surface area contributed by atoms with Crippen LogP contribution in [-0.4, -0.2) is 52.7 Å². The van der Waals surface area contributed by atoms with Crippen LogP contribution in [0.3, 0.4) is 0 Å². The van der Waals surface area contributed by atoms with Crippen molar-refractivity contribution in [2.75, 3.05) is 26.2 Å². The van der Waals surface area contributed by atoms with Gasteiger partial charge in [-0.2, -0.15) is 0 Å². The summed E-state index contributed by atoms with van der Waals surface area (Å²) in [5, 5.41) is 6.55. The minimum absolute atomic E-state index is 0.0309. The van der Waals surface area contributed by atoms with Crippen molar-refractivity contribution < 1.29 is 4.79 Å². The number of para-hydroxylation sites is 2. The molecule has 2 aliphatic rings. The second-order valence-electron chi connectivity index (χ2n) is 7.38. The van der Waals surface area contributed by atoms with Crippen LogP contribution in [0, 0.1) is 0 Å². The molecule has 7 nitrogen and oxygen atoms in total. The Hall–Kier alpha value is -2.28. The molecule has 2 saturated heterocycles. The van der Waals surface area contributed by atoms with Crippen LogP contribution in [0.4, 0.5) is 4.79 Å². The van der Waals surface area contributed by atoms with E-state index in [4.69, 9.17) is 0 Å². The van der Waals surface area contributed by atoms with Gasteiger partial charge in [-0.15, -0.1) is 0 Å². The third-order valence-corrected chi connectivity index (χ3v) is 5.62. The average molecular weight is 357 g/mol. The van der Waals surface area contributed by atoms with Gasteiger partial charge >= 0.3 is 11.7 Å². The zero-order chi connectivity index (χ0) is 17.9. The first-order chi connectivity index (χ1) is 12.7. The minimum atomic E-state index is -0.0568. The smallest absolute Gasteiger partial charge is 0.326 e. The van der Waals surface area contributed by atoms with E-state index in [1.165, 1.54) is 6.42 Å². The number of nitrogens with zero attached hydrogens (tertiary/aromatic N) is 2. The third-order valence-electron chi connectivity index (χ3n) is 5.62. The predicted octanol–water partition coefficient (Wildman–Crippen LogP) is 1.82. The first kappa shape index (κ1) is 17.1. The van der Waals surface area contributed by atoms with Crippen LogP contribution in [0.5, 0.6) is 0 Å². The standard InChI is InChI=1S/C19H27N5O2/c25-18(21-14-5-3-4-10-20-13-14)23-11-8-15(9-12-23)24-17-7-2-1-6-16(17)22-19(24)26/h1-2,6-7,14-15,20H,3-5,8-13H2,(H,21,25)(H,22,26). The van der Waals surface area contributed by atoms with Gasteiger partial charge in [0.1, 0.15) is 0 Å². The number of carbonyl (C=O) groups excluding carboxylic acids is 1. The first-order valence-corrected chi connectivity index (χ1v) is 9.68. The fraction of sp³-hybridized carbons (Fsp3) is 0.579. The number of piperidine rings is 1. The Balaban J connectivity index is 1.38. The number of carbonyl (C=O) groups is 1. The highest BCUT2D eigenvalue weighted by Gasteiger charge is 2.27. The van der Waals surface area contributed by atoms with Crippen molar-refractivity contribution in [2.24, 2.45) is 0 Å². The van der Waals surface area contributed by atoms with E-state index in [0.717, 1.165) is 49.8 Å². The van der Waals surface area contributed by atoms with Crippen molar-refractivity contribution in [3.8, 4) is 0 Å². The van der Waals surface area contributed by atoms with Crippen molar-refractivity contribution >= 4 is 17.1 Å². The molecule has 1 aromatic heterocycles. The number of urea groups is 1. The van der Waals surface area contributed by atoms with Gasteiger partial charge in [-0.1, -0.05) is 18.6 Å². The maximum Gasteiger partial charge on any atom is 0.326 e. The summed E-state index contributed by atoms with van der Waals surface area (Å²) in [7, 11) is 0. The summed E-state index contributed by atoms with van der Waals surface area (Å²) >= 11 is 0. The summed E-state index contributed by atoms with van der Waals surface area (Å²) < 4.78 is 1.86. The van der Waals surface area contributed by atoms with E-state index in [2.05, 4.69) is 15.6 Å². The molecule has 7 heteroatoms. The number of nitrogens with one attached hydrogen (secondary N) is 3. The molecule has 2 fully saturated rings. The molecule has 140 valence electrons. The molecule has 0 aliphatic carbocycles. The highest BCUT2D eigenvalue weighted by Crippen LogP contribution is 2.24. The molecule has 1 atom stereocenters. The first-order valence-electron chi connectivity index (χ1n) is 9.68. The maximum atomic E-state index is 12.6. The summed E-state index contributed by atoms with van der Waals surface area (Å²) in [5.74, 6) is 0. The third kappa shape index (κ3) is 3.49. The summed E-state index contributed by atoms with van der Waals surface area (Å²) in [5.41, 5.74) is 1.77. The Kier molecular flexibility index (Phi) is 4.97. The molecule has 2 aliphatic heterocycles. The highest BCUT2D eigenvalue weighted by atomic mass is 16.2. The highest BCUT2D eigenvalue weighted by molar-refractivity contribution is 5.75. The number of hydrogen-bond acceptors (Lipinski definition) is 3. The average Bonchev–Trinajstić information content (AvgIpc) is 2.81. The van der Waals surface area contributed by atoms with Crippen LogP contribution in [0.2, 0.25) is 0 Å². The van der Waals surface area contributed by atoms with Gasteiger partial charge < -0.3 is 20.5 Å². The predicted molar refractivity (Wildman–Crippen MR) is 101 cm³/mol. The molecule has 0 radical (unpaired) electrons. The van der Waals surface area contributed by atoms with Crippen molar-refractivity contribution in [1.29, 1.82) is 0 Å². The van der Waals surface area contributed by atoms with Gasteiger partial charge in [0.15, 0.2) is 0 Å². The summed E-state index contributed by atoms with van der Waals surface area (Å²) in [6.45, 7) is 3.26. The van der Waals surface area contributed by atoms with Crippen LogP contribution in [0.25, 0.3) is 11.0 Å². The van der Waals surface area contributed by atoms with Crippen LogP contribution in [0.1, 0.15) is 38.1 Å². The van der Waals surface area contributed by atoms with E-state index in [-0.39, 0.29) is 23.8 Å². The van der Waals surface area contributed by atoms with Crippen molar-refractivity contribution in [3.63, 3.8) is 0 Å². The van der Waals surface area contributed by atoms with E-state index in [1.807, 2.05) is 33.7 Å². The molecule has 1 aromatic carbocycles. The van der Waals surface area contributed by atoms with Gasteiger partial charge in [0.2, 0.25) is 0 Å². The lowest BCUT2D eigenvalue weighted by atomic mass is 10.0. The number of benzene rings is 1. The van der Waals surface area contributed by atoms with Gasteiger partial charge in [0, 0.05) is 31.7 Å². The molecule has 2 amide bonds. The van der Waals surface area contributed by atoms with Gasteiger partial charge in [0.25, 0.3) is 0 Å². The molecule has 2 aromatic rings. The topological polar surface area (TPSA) is 82.2 Å². The Morgan fingerprint density at radius 3 is 2.77 bits per heavy atom. The number of fused-ring (bicyclic) bond motifs is 1. The second kappa shape index (κ2) is 7.53. The lowest BCUT2D eigenvalue weighted by Gasteiger charge is -2.33. The molecule has 0 spiro atoms. The molecular formula is C19H27N5O2. The van der Waals surface area contributed by atoms with E-state index in [9.17, 15) is 9.59 Å². The minimum Gasteiger partial charge on any atom is -0.334 e. The van der Waals surface area contributed by atoms with Crippen LogP contribution in [0.15, 0.2) is 29.1 Å². The zero-order valence-electron chi connectivity index (χ0n) is 15.0. The molecule has 0 bridgehead atoms. The Morgan fingerprint density at radius 1 is 1.12 bits per heavy atom. The Bertz CT molecular complexity index is 811. The Morgan fingerprint density at radius 2 is 1.92 bits per heavy atom. The van der Waals surface area contributed by atoms with Gasteiger partial charge in [-0.05, 0) is 44.4 Å². The monoisotopic (exact) mass is 357 g/mol. The van der Waals surface area contributed by atoms with Crippen LogP contribution >= 0.6 is 0 Å². The van der Waals surface area contributed by atoms with Crippen molar-refractivity contribution in [1.82, 2.24) is 25.1 Å². The number of H-pyrrole nitrogens is 1. The maximum absolute atomic E-state index is 12.6. The summed E-state index contributed by atoms with van der Waals surface area (Å²) in [6.07, 6.45) is 4.98. The molecule has 26 heavy (non-hydrogen) atoms. The fourth-order valence-electron chi connectivity index (χ4n) is 4.17. The quantitative estimate of drug-likeness (QED) is 0.767. The number of hydrogen-bond donors (Lipinski definition) is 3. The lowest BCUT2D eigenvalue weighted by Crippen LogP contribution is -2.50. The lowest BCUT2D eigenvalue weighted by molar-refractivity contribution is 0.168. The molecule has 3 heterocycles. The summed E-state index contributed by atoms with van der Waals surface area (Å²) in [4.78, 5) is 29.7. The van der Waals surface area contributed by atoms with Crippen molar-refractivity contribution in [3.05, 3.63) is 34.7 Å². The van der Waals surface area contributed by atoms with Gasteiger partial charge in [0.05, 0.1) is 11.0 Å². The number of rotatable bonds is 2.